The molecule has 0 amide bonds. The highest BCUT2D eigenvalue weighted by Gasteiger charge is 2.18. The largest absolute Gasteiger partial charge is 0.377 e. The standard InChI is InChI=1S/C11H7ClO4S2/c12-9-1-3-10(4-2-9)18(14,15)16-11-7-17-6-8(11)5-13/h1-7H. The summed E-state index contributed by atoms with van der Waals surface area (Å²) in [6.45, 7) is 0. The van der Waals surface area contributed by atoms with Crippen molar-refractivity contribution < 1.29 is 17.4 Å². The Morgan fingerprint density at radius 2 is 1.83 bits per heavy atom. The van der Waals surface area contributed by atoms with Gasteiger partial charge in [0, 0.05) is 15.8 Å². The maximum Gasteiger partial charge on any atom is 0.339 e. The van der Waals surface area contributed by atoms with E-state index in [1.54, 1.807) is 0 Å². The van der Waals surface area contributed by atoms with Gasteiger partial charge >= 0.3 is 10.1 Å². The van der Waals surface area contributed by atoms with E-state index < -0.39 is 10.1 Å². The van der Waals surface area contributed by atoms with Gasteiger partial charge in [-0.1, -0.05) is 11.6 Å². The van der Waals surface area contributed by atoms with E-state index in [1.807, 2.05) is 0 Å². The predicted molar refractivity (Wildman–Crippen MR) is 69.0 cm³/mol. The summed E-state index contributed by atoms with van der Waals surface area (Å²) in [7, 11) is -3.94. The molecular formula is C11H7ClO4S2. The topological polar surface area (TPSA) is 60.4 Å². The van der Waals surface area contributed by atoms with Crippen LogP contribution in [0, 0.1) is 0 Å². The van der Waals surface area contributed by atoms with E-state index in [9.17, 15) is 13.2 Å². The van der Waals surface area contributed by atoms with E-state index in [2.05, 4.69) is 0 Å². The minimum Gasteiger partial charge on any atom is -0.377 e. The highest BCUT2D eigenvalue weighted by Crippen LogP contribution is 2.26. The summed E-state index contributed by atoms with van der Waals surface area (Å²) in [5.41, 5.74) is 0.206. The Morgan fingerprint density at radius 3 is 2.44 bits per heavy atom. The first-order valence-electron chi connectivity index (χ1n) is 4.74. The molecule has 0 aliphatic carbocycles. The van der Waals surface area contributed by atoms with Gasteiger partial charge in [0.2, 0.25) is 0 Å². The van der Waals surface area contributed by atoms with Crippen molar-refractivity contribution in [3.05, 3.63) is 45.6 Å². The molecule has 0 radical (unpaired) electrons. The van der Waals surface area contributed by atoms with Crippen molar-refractivity contribution in [2.24, 2.45) is 0 Å². The molecule has 2 aromatic rings. The molecule has 0 atom stereocenters. The average Bonchev–Trinajstić information content (AvgIpc) is 2.76. The van der Waals surface area contributed by atoms with Crippen LogP contribution in [0.15, 0.2) is 39.9 Å². The monoisotopic (exact) mass is 302 g/mol. The number of rotatable bonds is 4. The van der Waals surface area contributed by atoms with E-state index in [0.29, 0.717) is 11.3 Å². The van der Waals surface area contributed by atoms with Crippen molar-refractivity contribution in [3.8, 4) is 5.75 Å². The van der Waals surface area contributed by atoms with Gasteiger partial charge in [0.15, 0.2) is 12.0 Å². The summed E-state index contributed by atoms with van der Waals surface area (Å²) in [6.07, 6.45) is 0.545. The number of carbonyl (C=O) groups excluding carboxylic acids is 1. The van der Waals surface area contributed by atoms with E-state index in [4.69, 9.17) is 15.8 Å². The second-order valence-corrected chi connectivity index (χ2v) is 6.03. The Balaban J connectivity index is 2.33. The first-order chi connectivity index (χ1) is 8.53. The molecule has 0 unspecified atom stereocenters. The van der Waals surface area contributed by atoms with E-state index >= 15 is 0 Å². The molecule has 1 aromatic carbocycles. The van der Waals surface area contributed by atoms with Crippen LogP contribution in [0.25, 0.3) is 0 Å². The van der Waals surface area contributed by atoms with Gasteiger partial charge in [-0.15, -0.1) is 11.3 Å². The van der Waals surface area contributed by atoms with Crippen molar-refractivity contribution >= 4 is 39.3 Å². The average molecular weight is 303 g/mol. The summed E-state index contributed by atoms with van der Waals surface area (Å²) < 4.78 is 28.7. The normalized spacial score (nSPS) is 11.2. The van der Waals surface area contributed by atoms with Crippen molar-refractivity contribution in [1.29, 1.82) is 0 Å². The van der Waals surface area contributed by atoms with Crippen LogP contribution in [0.3, 0.4) is 0 Å². The summed E-state index contributed by atoms with van der Waals surface area (Å²) in [6, 6.07) is 5.58. The van der Waals surface area contributed by atoms with Crippen LogP contribution in [0.2, 0.25) is 5.02 Å². The number of hydrogen-bond donors (Lipinski definition) is 0. The Morgan fingerprint density at radius 1 is 1.17 bits per heavy atom. The molecule has 0 saturated carbocycles. The molecule has 0 spiro atoms. The zero-order chi connectivity index (χ0) is 13.2. The number of hydrogen-bond acceptors (Lipinski definition) is 5. The van der Waals surface area contributed by atoms with Gasteiger partial charge in [-0.3, -0.25) is 4.79 Å². The first-order valence-corrected chi connectivity index (χ1v) is 7.47. The molecule has 0 N–H and O–H groups in total. The molecule has 0 fully saturated rings. The van der Waals surface area contributed by atoms with Crippen LogP contribution in [-0.2, 0) is 10.1 Å². The van der Waals surface area contributed by atoms with Crippen LogP contribution >= 0.6 is 22.9 Å². The summed E-state index contributed by atoms with van der Waals surface area (Å²) in [4.78, 5) is 10.7. The molecule has 18 heavy (non-hydrogen) atoms. The second-order valence-electron chi connectivity index (χ2n) is 3.30. The van der Waals surface area contributed by atoms with E-state index in [0.717, 1.165) is 0 Å². The Kier molecular flexibility index (Phi) is 3.70. The van der Waals surface area contributed by atoms with Gasteiger partial charge < -0.3 is 4.18 Å². The minimum absolute atomic E-state index is 0.0186. The maximum atomic E-state index is 11.9. The van der Waals surface area contributed by atoms with Crippen LogP contribution < -0.4 is 4.18 Å². The maximum absolute atomic E-state index is 11.9. The fourth-order valence-electron chi connectivity index (χ4n) is 1.22. The molecule has 4 nitrogen and oxygen atoms in total. The summed E-state index contributed by atoms with van der Waals surface area (Å²) >= 11 is 6.86. The van der Waals surface area contributed by atoms with Crippen LogP contribution in [0.1, 0.15) is 10.4 Å². The Labute approximate surface area is 113 Å². The molecule has 1 heterocycles. The fraction of sp³-hybridized carbons (Fsp3) is 0. The molecule has 0 aliphatic heterocycles. The molecule has 0 bridgehead atoms. The third-order valence-corrected chi connectivity index (χ3v) is 4.32. The van der Waals surface area contributed by atoms with E-state index in [1.165, 1.54) is 46.4 Å². The summed E-state index contributed by atoms with van der Waals surface area (Å²) in [5.74, 6) is 0.0324. The van der Waals surface area contributed by atoms with Crippen molar-refractivity contribution in [3.63, 3.8) is 0 Å². The van der Waals surface area contributed by atoms with Crippen molar-refractivity contribution in [1.82, 2.24) is 0 Å². The Hall–Kier alpha value is -1.37. The SMILES string of the molecule is O=Cc1cscc1OS(=O)(=O)c1ccc(Cl)cc1. The molecule has 0 saturated heterocycles. The van der Waals surface area contributed by atoms with Gasteiger partial charge in [0.1, 0.15) is 4.90 Å². The third kappa shape index (κ3) is 2.72. The van der Waals surface area contributed by atoms with Gasteiger partial charge in [-0.05, 0) is 24.3 Å². The minimum atomic E-state index is -3.94. The van der Waals surface area contributed by atoms with Gasteiger partial charge in [0.25, 0.3) is 0 Å². The zero-order valence-corrected chi connectivity index (χ0v) is 11.3. The van der Waals surface area contributed by atoms with Gasteiger partial charge in [-0.25, -0.2) is 0 Å². The lowest BCUT2D eigenvalue weighted by atomic mass is 10.4. The zero-order valence-electron chi connectivity index (χ0n) is 8.87. The smallest absolute Gasteiger partial charge is 0.339 e. The quantitative estimate of drug-likeness (QED) is 0.643. The highest BCUT2D eigenvalue weighted by molar-refractivity contribution is 7.87. The number of thiophene rings is 1. The second kappa shape index (κ2) is 5.09. The van der Waals surface area contributed by atoms with Crippen molar-refractivity contribution in [2.75, 3.05) is 0 Å². The lowest BCUT2D eigenvalue weighted by Crippen LogP contribution is -2.09. The molecule has 1 aromatic heterocycles. The van der Waals surface area contributed by atoms with Gasteiger partial charge in [0.05, 0.1) is 5.56 Å². The summed E-state index contributed by atoms with van der Waals surface area (Å²) in [5, 5.41) is 3.40. The molecule has 7 heteroatoms. The highest BCUT2D eigenvalue weighted by atomic mass is 35.5. The number of aldehydes is 1. The van der Waals surface area contributed by atoms with Crippen LogP contribution in [0.4, 0.5) is 0 Å². The predicted octanol–water partition coefficient (Wildman–Crippen LogP) is 2.98. The third-order valence-electron chi connectivity index (χ3n) is 2.08. The van der Waals surface area contributed by atoms with E-state index in [-0.39, 0.29) is 16.2 Å². The number of halogens is 1. The van der Waals surface area contributed by atoms with Crippen molar-refractivity contribution in [2.45, 2.75) is 4.90 Å². The number of carbonyl (C=O) groups is 1. The molecule has 2 rings (SSSR count). The van der Waals surface area contributed by atoms with Crippen LogP contribution in [-0.4, -0.2) is 14.7 Å². The lowest BCUT2D eigenvalue weighted by Gasteiger charge is -2.05. The fourth-order valence-corrected chi connectivity index (χ4v) is 3.04. The molecule has 94 valence electrons. The van der Waals surface area contributed by atoms with Gasteiger partial charge in [-0.2, -0.15) is 8.42 Å². The molecular weight excluding hydrogens is 296 g/mol. The van der Waals surface area contributed by atoms with Crippen LogP contribution in [0.5, 0.6) is 5.75 Å². The Bertz CT molecular complexity index is 659. The lowest BCUT2D eigenvalue weighted by molar-refractivity contribution is 0.112. The number of benzene rings is 1. The molecule has 0 aliphatic rings. The first kappa shape index (κ1) is 13.1.